The van der Waals surface area contributed by atoms with Crippen molar-refractivity contribution >= 4 is 11.9 Å². The second kappa shape index (κ2) is 8.09. The summed E-state index contributed by atoms with van der Waals surface area (Å²) in [5.41, 5.74) is 0.657. The maximum absolute atomic E-state index is 12.8. The van der Waals surface area contributed by atoms with Crippen LogP contribution < -0.4 is 5.32 Å². The van der Waals surface area contributed by atoms with Crippen molar-refractivity contribution in [2.45, 2.75) is 58.1 Å². The molecule has 5 heteroatoms. The average molecular weight is 321 g/mol. The number of amides is 1. The first-order valence-corrected chi connectivity index (χ1v) is 8.20. The Morgan fingerprint density at radius 1 is 1.26 bits per heavy atom. The number of rotatable bonds is 5. The van der Waals surface area contributed by atoms with Crippen molar-refractivity contribution < 1.29 is 18.7 Å². The number of carbonyl (C=O) groups excluding carboxylic acids is 2. The molecule has 2 rings (SSSR count). The Morgan fingerprint density at radius 2 is 1.91 bits per heavy atom. The molecule has 4 nitrogen and oxygen atoms in total. The van der Waals surface area contributed by atoms with Crippen molar-refractivity contribution in [1.29, 1.82) is 0 Å². The zero-order valence-corrected chi connectivity index (χ0v) is 13.7. The van der Waals surface area contributed by atoms with Crippen LogP contribution in [0.5, 0.6) is 0 Å². The monoisotopic (exact) mass is 321 g/mol. The van der Waals surface area contributed by atoms with Gasteiger partial charge in [-0.25, -0.2) is 4.39 Å². The Balaban J connectivity index is 1.80. The fourth-order valence-electron chi connectivity index (χ4n) is 2.89. The minimum Gasteiger partial charge on any atom is -0.452 e. The summed E-state index contributed by atoms with van der Waals surface area (Å²) in [6.07, 6.45) is 3.62. The predicted octanol–water partition coefficient (Wildman–Crippen LogP) is 2.99. The topological polar surface area (TPSA) is 55.4 Å². The maximum Gasteiger partial charge on any atom is 0.311 e. The van der Waals surface area contributed by atoms with Crippen LogP contribution in [0.1, 0.15) is 45.1 Å². The summed E-state index contributed by atoms with van der Waals surface area (Å²) in [6.45, 7) is 3.71. The van der Waals surface area contributed by atoms with E-state index in [4.69, 9.17) is 4.74 Å². The summed E-state index contributed by atoms with van der Waals surface area (Å²) >= 11 is 0. The summed E-state index contributed by atoms with van der Waals surface area (Å²) in [5.74, 6) is -0.640. The van der Waals surface area contributed by atoms with E-state index in [0.29, 0.717) is 11.5 Å². The van der Waals surface area contributed by atoms with Gasteiger partial charge in [0, 0.05) is 6.04 Å². The van der Waals surface area contributed by atoms with Gasteiger partial charge in [0.15, 0.2) is 6.10 Å². The first-order chi connectivity index (χ1) is 11.0. The Bertz CT molecular complexity index is 544. The van der Waals surface area contributed by atoms with Crippen LogP contribution in [0, 0.1) is 11.7 Å². The lowest BCUT2D eigenvalue weighted by molar-refractivity contribution is -0.154. The molecule has 0 aliphatic heterocycles. The number of nitrogens with one attached hydrogen (secondary N) is 1. The zero-order valence-electron chi connectivity index (χ0n) is 13.7. The van der Waals surface area contributed by atoms with Gasteiger partial charge in [-0.05, 0) is 43.4 Å². The highest BCUT2D eigenvalue weighted by Crippen LogP contribution is 2.23. The molecule has 0 saturated heterocycles. The van der Waals surface area contributed by atoms with Gasteiger partial charge in [-0.15, -0.1) is 0 Å². The van der Waals surface area contributed by atoms with E-state index in [1.54, 1.807) is 6.92 Å². The summed E-state index contributed by atoms with van der Waals surface area (Å²) in [5, 5.41) is 2.98. The van der Waals surface area contributed by atoms with Crippen LogP contribution in [-0.4, -0.2) is 24.0 Å². The highest BCUT2D eigenvalue weighted by Gasteiger charge is 2.26. The number of hydrogen-bond donors (Lipinski definition) is 1. The van der Waals surface area contributed by atoms with E-state index in [1.165, 1.54) is 30.7 Å². The quantitative estimate of drug-likeness (QED) is 0.848. The minimum absolute atomic E-state index is 0.0255. The first kappa shape index (κ1) is 17.4. The van der Waals surface area contributed by atoms with E-state index in [-0.39, 0.29) is 24.2 Å². The van der Waals surface area contributed by atoms with Crippen LogP contribution in [0.4, 0.5) is 4.39 Å². The summed E-state index contributed by atoms with van der Waals surface area (Å²) in [7, 11) is 0. The minimum atomic E-state index is -0.822. The van der Waals surface area contributed by atoms with Gasteiger partial charge in [0.2, 0.25) is 0 Å². The lowest BCUT2D eigenvalue weighted by Gasteiger charge is -2.30. The normalized spacial score (nSPS) is 22.2. The van der Waals surface area contributed by atoms with E-state index in [1.807, 2.05) is 0 Å². The highest BCUT2D eigenvalue weighted by molar-refractivity contribution is 5.84. The number of benzene rings is 1. The summed E-state index contributed by atoms with van der Waals surface area (Å²) < 4.78 is 18.0. The zero-order chi connectivity index (χ0) is 16.8. The van der Waals surface area contributed by atoms with E-state index in [0.717, 1.165) is 19.3 Å². The van der Waals surface area contributed by atoms with Crippen molar-refractivity contribution in [3.05, 3.63) is 35.6 Å². The van der Waals surface area contributed by atoms with Gasteiger partial charge in [0.05, 0.1) is 6.42 Å². The molecule has 0 aromatic heterocycles. The second-order valence-electron chi connectivity index (χ2n) is 6.31. The Kier molecular flexibility index (Phi) is 6.13. The van der Waals surface area contributed by atoms with Crippen LogP contribution in [0.2, 0.25) is 0 Å². The SMILES string of the molecule is CC(OC(=O)Cc1ccc(F)cc1)C(=O)NC1CCCCC1C. The Labute approximate surface area is 136 Å². The third-order valence-corrected chi connectivity index (χ3v) is 4.38. The molecule has 0 heterocycles. The van der Waals surface area contributed by atoms with Gasteiger partial charge in [0.25, 0.3) is 5.91 Å². The Morgan fingerprint density at radius 3 is 2.57 bits per heavy atom. The molecule has 1 aliphatic carbocycles. The largest absolute Gasteiger partial charge is 0.452 e. The molecule has 1 fully saturated rings. The molecule has 1 aliphatic rings. The standard InChI is InChI=1S/C18H24FNO3/c1-12-5-3-4-6-16(12)20-18(22)13(2)23-17(21)11-14-7-9-15(19)10-8-14/h7-10,12-13,16H,3-6,11H2,1-2H3,(H,20,22). The number of carbonyl (C=O) groups is 2. The lowest BCUT2D eigenvalue weighted by Crippen LogP contribution is -2.46. The van der Waals surface area contributed by atoms with Gasteiger partial charge >= 0.3 is 5.97 Å². The van der Waals surface area contributed by atoms with Gasteiger partial charge in [-0.3, -0.25) is 9.59 Å². The average Bonchev–Trinajstić information content (AvgIpc) is 2.51. The van der Waals surface area contributed by atoms with Crippen LogP contribution in [0.25, 0.3) is 0 Å². The second-order valence-corrected chi connectivity index (χ2v) is 6.31. The van der Waals surface area contributed by atoms with Crippen LogP contribution >= 0.6 is 0 Å². The number of halogens is 1. The van der Waals surface area contributed by atoms with Crippen molar-refractivity contribution in [3.8, 4) is 0 Å². The molecule has 0 radical (unpaired) electrons. The molecule has 0 bridgehead atoms. The van der Waals surface area contributed by atoms with Gasteiger partial charge in [0.1, 0.15) is 5.82 Å². The number of esters is 1. The molecule has 23 heavy (non-hydrogen) atoms. The van der Waals surface area contributed by atoms with E-state index in [2.05, 4.69) is 12.2 Å². The van der Waals surface area contributed by atoms with E-state index in [9.17, 15) is 14.0 Å². The molecular weight excluding hydrogens is 297 g/mol. The summed E-state index contributed by atoms with van der Waals surface area (Å²) in [4.78, 5) is 24.0. The highest BCUT2D eigenvalue weighted by atomic mass is 19.1. The third kappa shape index (κ3) is 5.34. The third-order valence-electron chi connectivity index (χ3n) is 4.38. The molecule has 0 spiro atoms. The molecule has 1 N–H and O–H groups in total. The fourth-order valence-corrected chi connectivity index (χ4v) is 2.89. The number of ether oxygens (including phenoxy) is 1. The molecule has 1 saturated carbocycles. The van der Waals surface area contributed by atoms with Crippen molar-refractivity contribution in [2.24, 2.45) is 5.92 Å². The van der Waals surface area contributed by atoms with Crippen molar-refractivity contribution in [3.63, 3.8) is 0 Å². The maximum atomic E-state index is 12.8. The molecule has 1 aromatic carbocycles. The van der Waals surface area contributed by atoms with E-state index < -0.39 is 12.1 Å². The Hall–Kier alpha value is -1.91. The molecule has 1 amide bonds. The number of hydrogen-bond acceptors (Lipinski definition) is 3. The van der Waals surface area contributed by atoms with Crippen molar-refractivity contribution in [2.75, 3.05) is 0 Å². The van der Waals surface area contributed by atoms with Gasteiger partial charge in [-0.2, -0.15) is 0 Å². The van der Waals surface area contributed by atoms with Crippen LogP contribution in [0.3, 0.4) is 0 Å². The molecule has 126 valence electrons. The summed E-state index contributed by atoms with van der Waals surface area (Å²) in [6, 6.07) is 5.82. The van der Waals surface area contributed by atoms with Crippen molar-refractivity contribution in [1.82, 2.24) is 5.32 Å². The van der Waals surface area contributed by atoms with E-state index >= 15 is 0 Å². The molecule has 3 atom stereocenters. The first-order valence-electron chi connectivity index (χ1n) is 8.20. The smallest absolute Gasteiger partial charge is 0.311 e. The molecule has 1 aromatic rings. The molecular formula is C18H24FNO3. The lowest BCUT2D eigenvalue weighted by atomic mass is 9.86. The van der Waals surface area contributed by atoms with Gasteiger partial charge < -0.3 is 10.1 Å². The van der Waals surface area contributed by atoms with Gasteiger partial charge in [-0.1, -0.05) is 31.9 Å². The predicted molar refractivity (Wildman–Crippen MR) is 85.2 cm³/mol. The fraction of sp³-hybridized carbons (Fsp3) is 0.556. The van der Waals surface area contributed by atoms with Crippen LogP contribution in [0.15, 0.2) is 24.3 Å². The molecule has 3 unspecified atom stereocenters. The van der Waals surface area contributed by atoms with Crippen LogP contribution in [-0.2, 0) is 20.7 Å².